The van der Waals surface area contributed by atoms with Crippen LogP contribution < -0.4 is 0 Å². The number of hydrogen-bond acceptors (Lipinski definition) is 1. The molecule has 1 saturated heterocycles. The highest BCUT2D eigenvalue weighted by Gasteiger charge is 2.67. The molecule has 0 aromatic heterocycles. The normalized spacial score (nSPS) is 28.5. The largest absolute Gasteiger partial charge is 0.368 e. The number of alkyl halides is 2. The number of rotatable bonds is 1. The summed E-state index contributed by atoms with van der Waals surface area (Å²) in [6.07, 6.45) is 1.17. The molecule has 0 amide bonds. The summed E-state index contributed by atoms with van der Waals surface area (Å²) in [6.45, 7) is 10.7. The first-order valence-corrected chi connectivity index (χ1v) is 5.97. The molecule has 0 aliphatic carbocycles. The lowest BCUT2D eigenvalue weighted by molar-refractivity contribution is -0.273. The molecule has 1 unspecified atom stereocenters. The summed E-state index contributed by atoms with van der Waals surface area (Å²) in [7, 11) is 0. The molecule has 0 aromatic rings. The third-order valence-electron chi connectivity index (χ3n) is 3.68. The fourth-order valence-corrected chi connectivity index (χ4v) is 2.56. The summed E-state index contributed by atoms with van der Waals surface area (Å²) in [5.41, 5.74) is -2.96. The quantitative estimate of drug-likeness (QED) is 0.658. The zero-order chi connectivity index (χ0) is 12.8. The van der Waals surface area contributed by atoms with Crippen molar-refractivity contribution in [3.63, 3.8) is 0 Å². The smallest absolute Gasteiger partial charge is 0.281 e. The second-order valence-electron chi connectivity index (χ2n) is 6.85. The molecule has 0 saturated carbocycles. The number of halogens is 2. The Balaban J connectivity index is 3.23. The van der Waals surface area contributed by atoms with E-state index in [4.69, 9.17) is 4.74 Å². The predicted molar refractivity (Wildman–Crippen MR) is 61.8 cm³/mol. The van der Waals surface area contributed by atoms with E-state index in [1.54, 1.807) is 20.8 Å². The first-order valence-electron chi connectivity index (χ1n) is 5.97. The van der Waals surface area contributed by atoms with Crippen molar-refractivity contribution in [3.8, 4) is 0 Å². The van der Waals surface area contributed by atoms with Crippen LogP contribution in [0, 0.1) is 10.8 Å². The van der Waals surface area contributed by atoms with Gasteiger partial charge in [0.25, 0.3) is 5.92 Å². The molecule has 3 heteroatoms. The van der Waals surface area contributed by atoms with Crippen molar-refractivity contribution in [2.24, 2.45) is 10.8 Å². The lowest BCUT2D eigenvalue weighted by Gasteiger charge is -2.50. The molecule has 0 bridgehead atoms. The van der Waals surface area contributed by atoms with Crippen LogP contribution >= 0.6 is 0 Å². The first kappa shape index (κ1) is 13.9. The predicted octanol–water partition coefficient (Wildman–Crippen LogP) is 4.26. The minimum Gasteiger partial charge on any atom is -0.368 e. The maximum Gasteiger partial charge on any atom is 0.281 e. The van der Waals surface area contributed by atoms with E-state index in [2.05, 4.69) is 0 Å². The first-order chi connectivity index (χ1) is 6.96. The van der Waals surface area contributed by atoms with Crippen molar-refractivity contribution in [1.82, 2.24) is 0 Å². The summed E-state index contributed by atoms with van der Waals surface area (Å²) in [5.74, 6) is -2.82. The van der Waals surface area contributed by atoms with Crippen molar-refractivity contribution in [3.05, 3.63) is 0 Å². The van der Waals surface area contributed by atoms with Gasteiger partial charge in [0.05, 0.1) is 0 Å². The highest BCUT2D eigenvalue weighted by atomic mass is 19.3. The molecule has 1 heterocycles. The summed E-state index contributed by atoms with van der Waals surface area (Å²) in [5, 5.41) is 0. The zero-order valence-corrected chi connectivity index (χ0v) is 11.3. The molecule has 1 aliphatic rings. The van der Waals surface area contributed by atoms with Crippen LogP contribution in [0.15, 0.2) is 0 Å². The van der Waals surface area contributed by atoms with E-state index in [1.807, 2.05) is 20.8 Å². The molecule has 1 atom stereocenters. The van der Waals surface area contributed by atoms with Crippen molar-refractivity contribution in [2.75, 3.05) is 6.61 Å². The molecular weight excluding hydrogens is 210 g/mol. The lowest BCUT2D eigenvalue weighted by Crippen LogP contribution is -2.61. The highest BCUT2D eigenvalue weighted by Crippen LogP contribution is 2.57. The summed E-state index contributed by atoms with van der Waals surface area (Å²) in [4.78, 5) is 0. The standard InChI is InChI=1S/C13H24F2O/c1-10(2,3)12(8-7-9-16-12)13(14,15)11(4,5)6/h7-9H2,1-6H3. The minimum absolute atomic E-state index is 0.445. The van der Waals surface area contributed by atoms with Gasteiger partial charge in [0.15, 0.2) is 0 Å². The second-order valence-corrected chi connectivity index (χ2v) is 6.85. The Kier molecular flexibility index (Phi) is 3.17. The molecule has 0 N–H and O–H groups in total. The summed E-state index contributed by atoms with van der Waals surface area (Å²) < 4.78 is 34.9. The average molecular weight is 234 g/mol. The van der Waals surface area contributed by atoms with Crippen LogP contribution in [0.4, 0.5) is 8.78 Å². The fourth-order valence-electron chi connectivity index (χ4n) is 2.56. The molecule has 1 fully saturated rings. The van der Waals surface area contributed by atoms with E-state index in [-0.39, 0.29) is 0 Å². The molecule has 0 spiro atoms. The Morgan fingerprint density at radius 1 is 1.00 bits per heavy atom. The molecule has 1 aliphatic heterocycles. The van der Waals surface area contributed by atoms with E-state index < -0.39 is 22.4 Å². The van der Waals surface area contributed by atoms with Crippen LogP contribution in [0.2, 0.25) is 0 Å². The van der Waals surface area contributed by atoms with E-state index in [1.165, 1.54) is 0 Å². The lowest BCUT2D eigenvalue weighted by atomic mass is 9.64. The second kappa shape index (κ2) is 3.66. The van der Waals surface area contributed by atoms with Crippen LogP contribution in [-0.4, -0.2) is 18.1 Å². The van der Waals surface area contributed by atoms with Gasteiger partial charge in [-0.2, -0.15) is 0 Å². The Bertz CT molecular complexity index is 252. The van der Waals surface area contributed by atoms with Crippen LogP contribution in [0.5, 0.6) is 0 Å². The highest BCUT2D eigenvalue weighted by molar-refractivity contribution is 5.09. The van der Waals surface area contributed by atoms with Crippen molar-refractivity contribution in [2.45, 2.75) is 65.9 Å². The maximum atomic E-state index is 14.7. The van der Waals surface area contributed by atoms with Gasteiger partial charge >= 0.3 is 0 Å². The van der Waals surface area contributed by atoms with Crippen molar-refractivity contribution >= 4 is 0 Å². The Labute approximate surface area is 97.6 Å². The van der Waals surface area contributed by atoms with E-state index in [0.29, 0.717) is 13.0 Å². The molecule has 16 heavy (non-hydrogen) atoms. The van der Waals surface area contributed by atoms with E-state index in [9.17, 15) is 8.78 Å². The average Bonchev–Trinajstić information content (AvgIpc) is 2.48. The maximum absolute atomic E-state index is 14.7. The van der Waals surface area contributed by atoms with Gasteiger partial charge < -0.3 is 4.74 Å². The summed E-state index contributed by atoms with van der Waals surface area (Å²) >= 11 is 0. The number of hydrogen-bond donors (Lipinski definition) is 0. The van der Waals surface area contributed by atoms with Crippen LogP contribution in [0.1, 0.15) is 54.4 Å². The molecular formula is C13H24F2O. The van der Waals surface area contributed by atoms with E-state index >= 15 is 0 Å². The van der Waals surface area contributed by atoms with Gasteiger partial charge in [-0.15, -0.1) is 0 Å². The molecule has 1 nitrogen and oxygen atoms in total. The third kappa shape index (κ3) is 1.77. The fraction of sp³-hybridized carbons (Fsp3) is 1.00. The third-order valence-corrected chi connectivity index (χ3v) is 3.68. The SMILES string of the molecule is CC(C)(C)C(F)(F)C1(C(C)(C)C)CCCO1. The van der Waals surface area contributed by atoms with Gasteiger partial charge in [-0.05, 0) is 18.3 Å². The molecule has 0 radical (unpaired) electrons. The molecule has 96 valence electrons. The van der Waals surface area contributed by atoms with Gasteiger partial charge in [-0.3, -0.25) is 0 Å². The van der Waals surface area contributed by atoms with Gasteiger partial charge in [-0.1, -0.05) is 41.5 Å². The van der Waals surface area contributed by atoms with Gasteiger partial charge in [-0.25, -0.2) is 8.78 Å². The van der Waals surface area contributed by atoms with Gasteiger partial charge in [0.2, 0.25) is 0 Å². The minimum atomic E-state index is -2.82. The van der Waals surface area contributed by atoms with Crippen molar-refractivity contribution < 1.29 is 13.5 Å². The van der Waals surface area contributed by atoms with Crippen LogP contribution in [0.3, 0.4) is 0 Å². The monoisotopic (exact) mass is 234 g/mol. The summed E-state index contributed by atoms with van der Waals surface area (Å²) in [6, 6.07) is 0. The molecule has 1 rings (SSSR count). The Morgan fingerprint density at radius 2 is 1.50 bits per heavy atom. The topological polar surface area (TPSA) is 9.23 Å². The zero-order valence-electron chi connectivity index (χ0n) is 11.3. The van der Waals surface area contributed by atoms with Gasteiger partial charge in [0, 0.05) is 12.0 Å². The van der Waals surface area contributed by atoms with Crippen LogP contribution in [-0.2, 0) is 4.74 Å². The van der Waals surface area contributed by atoms with Gasteiger partial charge in [0.1, 0.15) is 5.60 Å². The number of ether oxygens (including phenoxy) is 1. The Morgan fingerprint density at radius 3 is 1.75 bits per heavy atom. The van der Waals surface area contributed by atoms with E-state index in [0.717, 1.165) is 6.42 Å². The van der Waals surface area contributed by atoms with Crippen LogP contribution in [0.25, 0.3) is 0 Å². The molecule has 0 aromatic carbocycles. The Hall–Kier alpha value is -0.180. The van der Waals surface area contributed by atoms with Crippen molar-refractivity contribution in [1.29, 1.82) is 0 Å².